The van der Waals surface area contributed by atoms with Crippen molar-refractivity contribution in [3.8, 4) is 0 Å². The highest BCUT2D eigenvalue weighted by Gasteiger charge is 2.41. The van der Waals surface area contributed by atoms with Gasteiger partial charge in [-0.3, -0.25) is 9.59 Å². The molecule has 1 N–H and O–H groups in total. The van der Waals surface area contributed by atoms with E-state index in [0.717, 1.165) is 36.4 Å². The van der Waals surface area contributed by atoms with Crippen molar-refractivity contribution >= 4 is 23.2 Å². The van der Waals surface area contributed by atoms with E-state index >= 15 is 0 Å². The van der Waals surface area contributed by atoms with Gasteiger partial charge in [0.05, 0.1) is 16.6 Å². The van der Waals surface area contributed by atoms with Gasteiger partial charge in [-0.2, -0.15) is 0 Å². The number of nitrogens with zero attached hydrogens (tertiary/aromatic N) is 2. The smallest absolute Gasteiger partial charge is 0.225 e. The first-order chi connectivity index (χ1) is 10.6. The number of likely N-dealkylation sites (tertiary alicyclic amines) is 1. The van der Waals surface area contributed by atoms with Crippen LogP contribution in [0, 0.1) is 12.8 Å². The van der Waals surface area contributed by atoms with Gasteiger partial charge in [0, 0.05) is 36.9 Å². The van der Waals surface area contributed by atoms with E-state index in [2.05, 4.69) is 24.1 Å². The average Bonchev–Trinajstić information content (AvgIpc) is 3.16. The van der Waals surface area contributed by atoms with Gasteiger partial charge in [-0.05, 0) is 26.2 Å². The zero-order valence-electron chi connectivity index (χ0n) is 13.2. The fourth-order valence-corrected chi connectivity index (χ4v) is 4.03. The summed E-state index contributed by atoms with van der Waals surface area (Å²) in [5.41, 5.74) is 1.16. The third-order valence-corrected chi connectivity index (χ3v) is 5.50. The zero-order valence-corrected chi connectivity index (χ0v) is 14.0. The number of carbonyl (C=O) groups excluding carboxylic acids is 2. The molecule has 2 amide bonds. The van der Waals surface area contributed by atoms with Crippen molar-refractivity contribution in [2.75, 3.05) is 13.1 Å². The van der Waals surface area contributed by atoms with Crippen LogP contribution in [0.2, 0.25) is 0 Å². The van der Waals surface area contributed by atoms with Crippen LogP contribution in [0.15, 0.2) is 0 Å². The number of hydrogen-bond donors (Lipinski definition) is 1. The van der Waals surface area contributed by atoms with Crippen molar-refractivity contribution in [3.05, 3.63) is 15.6 Å². The molecule has 1 saturated heterocycles. The molecule has 3 rings (SSSR count). The number of rotatable bonds is 6. The van der Waals surface area contributed by atoms with Crippen LogP contribution in [-0.2, 0) is 22.4 Å². The van der Waals surface area contributed by atoms with E-state index in [1.807, 2.05) is 4.90 Å². The third-order valence-electron chi connectivity index (χ3n) is 4.43. The molecule has 2 fully saturated rings. The van der Waals surface area contributed by atoms with Gasteiger partial charge in [0.25, 0.3) is 0 Å². The molecule has 1 aromatic rings. The Bertz CT molecular complexity index is 580. The summed E-state index contributed by atoms with van der Waals surface area (Å²) in [6.45, 7) is 5.40. The second-order valence-electron chi connectivity index (χ2n) is 6.18. The van der Waals surface area contributed by atoms with E-state index in [-0.39, 0.29) is 17.7 Å². The molecule has 22 heavy (non-hydrogen) atoms. The Hall–Kier alpha value is -1.43. The Kier molecular flexibility index (Phi) is 4.47. The van der Waals surface area contributed by atoms with E-state index in [1.165, 1.54) is 4.88 Å². The molecule has 2 aliphatic rings. The summed E-state index contributed by atoms with van der Waals surface area (Å²) in [6.07, 6.45) is 4.30. The molecule has 1 aliphatic carbocycles. The highest BCUT2D eigenvalue weighted by Crippen LogP contribution is 2.32. The van der Waals surface area contributed by atoms with Gasteiger partial charge >= 0.3 is 0 Å². The molecule has 1 atom stereocenters. The van der Waals surface area contributed by atoms with Crippen LogP contribution in [0.3, 0.4) is 0 Å². The lowest BCUT2D eigenvalue weighted by molar-refractivity contribution is -0.129. The van der Waals surface area contributed by atoms with Crippen LogP contribution in [0.1, 0.15) is 41.8 Å². The molecule has 5 nitrogen and oxygen atoms in total. The summed E-state index contributed by atoms with van der Waals surface area (Å²) in [7, 11) is 0. The van der Waals surface area contributed by atoms with Crippen molar-refractivity contribution in [2.24, 2.45) is 5.92 Å². The van der Waals surface area contributed by atoms with E-state index in [1.54, 1.807) is 11.3 Å². The van der Waals surface area contributed by atoms with Crippen LogP contribution in [0.5, 0.6) is 0 Å². The molecule has 0 unspecified atom stereocenters. The summed E-state index contributed by atoms with van der Waals surface area (Å²) in [4.78, 5) is 31.8. The number of aromatic nitrogens is 1. The van der Waals surface area contributed by atoms with Gasteiger partial charge in [0.1, 0.15) is 0 Å². The lowest BCUT2D eigenvalue weighted by Gasteiger charge is -2.15. The highest BCUT2D eigenvalue weighted by molar-refractivity contribution is 7.11. The minimum atomic E-state index is -0.169. The van der Waals surface area contributed by atoms with Crippen LogP contribution < -0.4 is 5.32 Å². The molecule has 0 spiro atoms. The average molecular weight is 321 g/mol. The number of aryl methyl sites for hydroxylation is 2. The maximum absolute atomic E-state index is 12.2. The zero-order chi connectivity index (χ0) is 15.7. The van der Waals surface area contributed by atoms with Crippen LogP contribution >= 0.6 is 11.3 Å². The maximum atomic E-state index is 12.2. The molecule has 1 saturated carbocycles. The molecule has 1 aromatic heterocycles. The normalized spacial score (nSPS) is 21.5. The molecule has 2 heterocycles. The van der Waals surface area contributed by atoms with Gasteiger partial charge in [0.15, 0.2) is 0 Å². The van der Waals surface area contributed by atoms with E-state index in [0.29, 0.717) is 25.6 Å². The summed E-state index contributed by atoms with van der Waals surface area (Å²) >= 11 is 1.71. The minimum Gasteiger partial charge on any atom is -0.355 e. The Morgan fingerprint density at radius 3 is 2.86 bits per heavy atom. The van der Waals surface area contributed by atoms with Gasteiger partial charge in [-0.1, -0.05) is 6.92 Å². The van der Waals surface area contributed by atoms with Crippen LogP contribution in [0.4, 0.5) is 0 Å². The van der Waals surface area contributed by atoms with Crippen molar-refractivity contribution in [3.63, 3.8) is 0 Å². The van der Waals surface area contributed by atoms with Crippen LogP contribution in [0.25, 0.3) is 0 Å². The first kappa shape index (κ1) is 15.5. The Morgan fingerprint density at radius 1 is 1.45 bits per heavy atom. The molecule has 1 aliphatic heterocycles. The number of hydrogen-bond acceptors (Lipinski definition) is 4. The lowest BCUT2D eigenvalue weighted by atomic mass is 10.1. The van der Waals surface area contributed by atoms with Crippen molar-refractivity contribution in [2.45, 2.75) is 52.0 Å². The van der Waals surface area contributed by atoms with E-state index in [9.17, 15) is 9.59 Å². The fourth-order valence-electron chi connectivity index (χ4n) is 3.01. The van der Waals surface area contributed by atoms with E-state index in [4.69, 9.17) is 0 Å². The Labute approximate surface area is 135 Å². The monoisotopic (exact) mass is 321 g/mol. The summed E-state index contributed by atoms with van der Waals surface area (Å²) < 4.78 is 0. The van der Waals surface area contributed by atoms with Gasteiger partial charge in [-0.25, -0.2) is 4.98 Å². The molecular weight excluding hydrogens is 298 g/mol. The second-order valence-corrected chi connectivity index (χ2v) is 7.47. The van der Waals surface area contributed by atoms with Crippen molar-refractivity contribution < 1.29 is 9.59 Å². The molecule has 6 heteroatoms. The molecule has 120 valence electrons. The standard InChI is InChI=1S/C16H23N3O2S/c1-3-13-10(2)22-14(18-13)6-7-17-16(21)11-8-15(20)19(9-11)12-4-5-12/h11-12H,3-9H2,1-2H3,(H,17,21)/t11-/m1/s1. The molecule has 0 bridgehead atoms. The van der Waals surface area contributed by atoms with Gasteiger partial charge in [-0.15, -0.1) is 11.3 Å². The summed E-state index contributed by atoms with van der Waals surface area (Å²) in [6, 6.07) is 0.413. The summed E-state index contributed by atoms with van der Waals surface area (Å²) in [5.74, 6) is -0.0105. The molecular formula is C16H23N3O2S. The number of amides is 2. The molecule has 0 aromatic carbocycles. The summed E-state index contributed by atoms with van der Waals surface area (Å²) in [5, 5.41) is 4.05. The molecule has 0 radical (unpaired) electrons. The van der Waals surface area contributed by atoms with Crippen LogP contribution in [-0.4, -0.2) is 40.8 Å². The number of carbonyl (C=O) groups is 2. The van der Waals surface area contributed by atoms with Gasteiger partial charge in [0.2, 0.25) is 11.8 Å². The first-order valence-corrected chi connectivity index (χ1v) is 8.92. The van der Waals surface area contributed by atoms with Gasteiger partial charge < -0.3 is 10.2 Å². The topological polar surface area (TPSA) is 62.3 Å². The van der Waals surface area contributed by atoms with E-state index < -0.39 is 0 Å². The third kappa shape index (κ3) is 3.32. The predicted octanol–water partition coefficient (Wildman–Crippen LogP) is 1.68. The number of thiazole rings is 1. The van der Waals surface area contributed by atoms with Crippen molar-refractivity contribution in [1.29, 1.82) is 0 Å². The maximum Gasteiger partial charge on any atom is 0.225 e. The Morgan fingerprint density at radius 2 is 2.23 bits per heavy atom. The first-order valence-electron chi connectivity index (χ1n) is 8.10. The Balaban J connectivity index is 1.45. The predicted molar refractivity (Wildman–Crippen MR) is 85.8 cm³/mol. The second kappa shape index (κ2) is 6.36. The van der Waals surface area contributed by atoms with Crippen molar-refractivity contribution in [1.82, 2.24) is 15.2 Å². The number of nitrogens with one attached hydrogen (secondary N) is 1. The largest absolute Gasteiger partial charge is 0.355 e. The fraction of sp³-hybridized carbons (Fsp3) is 0.688. The lowest BCUT2D eigenvalue weighted by Crippen LogP contribution is -2.34. The SMILES string of the molecule is CCc1nc(CCNC(=O)[C@@H]2CC(=O)N(C3CC3)C2)sc1C. The minimum absolute atomic E-state index is 0.0143. The quantitative estimate of drug-likeness (QED) is 0.867. The highest BCUT2D eigenvalue weighted by atomic mass is 32.1.